The maximum Gasteiger partial charge on any atom is 0.226 e. The van der Waals surface area contributed by atoms with E-state index in [1.54, 1.807) is 0 Å². The van der Waals surface area contributed by atoms with Gasteiger partial charge in [-0.2, -0.15) is 0 Å². The van der Waals surface area contributed by atoms with Crippen molar-refractivity contribution in [2.45, 2.75) is 24.7 Å². The van der Waals surface area contributed by atoms with E-state index < -0.39 is 0 Å². The van der Waals surface area contributed by atoms with Gasteiger partial charge in [-0.15, -0.1) is 0 Å². The summed E-state index contributed by atoms with van der Waals surface area (Å²) >= 11 is 0. The molecule has 118 valence electrons. The van der Waals surface area contributed by atoms with E-state index in [1.165, 1.54) is 17.5 Å². The van der Waals surface area contributed by atoms with Gasteiger partial charge in [0.05, 0.1) is 5.92 Å². The van der Waals surface area contributed by atoms with Crippen LogP contribution in [-0.2, 0) is 4.79 Å². The van der Waals surface area contributed by atoms with Crippen molar-refractivity contribution in [3.63, 3.8) is 0 Å². The summed E-state index contributed by atoms with van der Waals surface area (Å²) in [5.74, 6) is 1.73. The topological polar surface area (TPSA) is 20.3 Å². The number of benzene rings is 2. The molecule has 1 heterocycles. The molecule has 2 heteroatoms. The second kappa shape index (κ2) is 5.84. The van der Waals surface area contributed by atoms with Crippen LogP contribution in [0.25, 0.3) is 0 Å². The monoisotopic (exact) mass is 305 g/mol. The lowest BCUT2D eigenvalue weighted by molar-refractivity contribution is -0.131. The van der Waals surface area contributed by atoms with Gasteiger partial charge >= 0.3 is 0 Å². The van der Waals surface area contributed by atoms with Crippen LogP contribution in [0, 0.1) is 11.8 Å². The third kappa shape index (κ3) is 2.46. The highest BCUT2D eigenvalue weighted by atomic mass is 16.2. The van der Waals surface area contributed by atoms with Crippen LogP contribution in [0.2, 0.25) is 0 Å². The van der Waals surface area contributed by atoms with Gasteiger partial charge in [-0.25, -0.2) is 0 Å². The van der Waals surface area contributed by atoms with Crippen molar-refractivity contribution in [1.29, 1.82) is 0 Å². The Kier molecular flexibility index (Phi) is 3.68. The lowest BCUT2D eigenvalue weighted by Gasteiger charge is -2.39. The molecule has 0 radical (unpaired) electrons. The molecule has 23 heavy (non-hydrogen) atoms. The number of carbonyl (C=O) groups excluding carboxylic acids is 1. The predicted molar refractivity (Wildman–Crippen MR) is 92.2 cm³/mol. The molecule has 0 unspecified atom stereocenters. The zero-order valence-electron chi connectivity index (χ0n) is 13.6. The van der Waals surface area contributed by atoms with E-state index >= 15 is 0 Å². The number of amides is 1. The summed E-state index contributed by atoms with van der Waals surface area (Å²) in [5.41, 5.74) is 2.70. The molecule has 2 aromatic carbocycles. The standard InChI is InChI=1S/C21H23NO/c1-22-14-17-12-13-18(15-8-4-2-5-9-15)19(20(17)21(22)23)16-10-6-3-7-11-16/h2-11,17-20H,12-14H2,1H3/t17-,18+,19-,20-/m1/s1. The molecule has 0 aromatic heterocycles. The number of carbonyl (C=O) groups is 1. The largest absolute Gasteiger partial charge is 0.345 e. The Morgan fingerprint density at radius 3 is 2.09 bits per heavy atom. The number of likely N-dealkylation sites (tertiary alicyclic amines) is 1. The molecule has 4 atom stereocenters. The van der Waals surface area contributed by atoms with Crippen molar-refractivity contribution >= 4 is 5.91 Å². The maximum absolute atomic E-state index is 12.8. The van der Waals surface area contributed by atoms with E-state index in [-0.39, 0.29) is 5.92 Å². The molecular weight excluding hydrogens is 282 g/mol. The van der Waals surface area contributed by atoms with Crippen LogP contribution in [0.5, 0.6) is 0 Å². The van der Waals surface area contributed by atoms with E-state index in [0.29, 0.717) is 23.7 Å². The fraction of sp³-hybridized carbons (Fsp3) is 0.381. The molecule has 0 bridgehead atoms. The first kappa shape index (κ1) is 14.5. The van der Waals surface area contributed by atoms with Gasteiger partial charge < -0.3 is 4.90 Å². The van der Waals surface area contributed by atoms with Gasteiger partial charge in [-0.3, -0.25) is 4.79 Å². The second-order valence-electron chi connectivity index (χ2n) is 7.04. The van der Waals surface area contributed by atoms with Crippen LogP contribution in [0.3, 0.4) is 0 Å². The number of nitrogens with zero attached hydrogens (tertiary/aromatic N) is 1. The lowest BCUT2D eigenvalue weighted by atomic mass is 9.63. The molecule has 2 aromatic rings. The summed E-state index contributed by atoms with van der Waals surface area (Å²) in [6.07, 6.45) is 2.33. The summed E-state index contributed by atoms with van der Waals surface area (Å²) in [6, 6.07) is 21.4. The summed E-state index contributed by atoms with van der Waals surface area (Å²) < 4.78 is 0. The Morgan fingerprint density at radius 1 is 0.826 bits per heavy atom. The Bertz CT molecular complexity index is 682. The van der Waals surface area contributed by atoms with Crippen molar-refractivity contribution in [3.05, 3.63) is 71.8 Å². The van der Waals surface area contributed by atoms with E-state index in [0.717, 1.165) is 13.0 Å². The second-order valence-corrected chi connectivity index (χ2v) is 7.04. The molecule has 1 aliphatic carbocycles. The van der Waals surface area contributed by atoms with Crippen LogP contribution in [0.15, 0.2) is 60.7 Å². The highest BCUT2D eigenvalue weighted by molar-refractivity contribution is 5.82. The van der Waals surface area contributed by atoms with Crippen molar-refractivity contribution in [3.8, 4) is 0 Å². The SMILES string of the molecule is CN1C[C@H]2CC[C@@H](c3ccccc3)[C@@H](c3ccccc3)[C@@H]2C1=O. The van der Waals surface area contributed by atoms with Gasteiger partial charge in [-0.1, -0.05) is 60.7 Å². The van der Waals surface area contributed by atoms with E-state index in [4.69, 9.17) is 0 Å². The number of hydrogen-bond donors (Lipinski definition) is 0. The van der Waals surface area contributed by atoms with Crippen molar-refractivity contribution in [2.75, 3.05) is 13.6 Å². The first-order valence-corrected chi connectivity index (χ1v) is 8.60. The minimum atomic E-state index is 0.140. The minimum absolute atomic E-state index is 0.140. The zero-order chi connectivity index (χ0) is 15.8. The Hall–Kier alpha value is -2.09. The number of rotatable bonds is 2. The van der Waals surface area contributed by atoms with Crippen LogP contribution < -0.4 is 0 Å². The molecule has 0 spiro atoms. The molecule has 1 amide bonds. The molecule has 4 rings (SSSR count). The van der Waals surface area contributed by atoms with E-state index in [2.05, 4.69) is 60.7 Å². The Labute approximate surface area is 138 Å². The predicted octanol–water partition coefficient (Wildman–Crippen LogP) is 4.05. The molecule has 2 nitrogen and oxygen atoms in total. The maximum atomic E-state index is 12.8. The molecule has 1 saturated carbocycles. The Morgan fingerprint density at radius 2 is 1.43 bits per heavy atom. The van der Waals surface area contributed by atoms with Gasteiger partial charge in [0.15, 0.2) is 0 Å². The van der Waals surface area contributed by atoms with Crippen LogP contribution >= 0.6 is 0 Å². The van der Waals surface area contributed by atoms with Gasteiger partial charge in [0.2, 0.25) is 5.91 Å². The average Bonchev–Trinajstić information content (AvgIpc) is 2.90. The van der Waals surface area contributed by atoms with Gasteiger partial charge in [0, 0.05) is 19.5 Å². The molecule has 2 fully saturated rings. The zero-order valence-corrected chi connectivity index (χ0v) is 13.6. The van der Waals surface area contributed by atoms with Gasteiger partial charge in [0.25, 0.3) is 0 Å². The van der Waals surface area contributed by atoms with Crippen LogP contribution in [0.1, 0.15) is 35.8 Å². The molecule has 1 aliphatic heterocycles. The summed E-state index contributed by atoms with van der Waals surface area (Å²) in [6.45, 7) is 0.925. The average molecular weight is 305 g/mol. The summed E-state index contributed by atoms with van der Waals surface area (Å²) in [7, 11) is 1.96. The number of hydrogen-bond acceptors (Lipinski definition) is 1. The third-order valence-electron chi connectivity index (χ3n) is 5.76. The fourth-order valence-corrected chi connectivity index (χ4v) is 4.74. The van der Waals surface area contributed by atoms with Gasteiger partial charge in [0.1, 0.15) is 0 Å². The Balaban J connectivity index is 1.79. The van der Waals surface area contributed by atoms with E-state index in [1.807, 2.05) is 11.9 Å². The van der Waals surface area contributed by atoms with Crippen LogP contribution in [-0.4, -0.2) is 24.4 Å². The van der Waals surface area contributed by atoms with Gasteiger partial charge in [-0.05, 0) is 35.8 Å². The van der Waals surface area contributed by atoms with Crippen molar-refractivity contribution in [1.82, 2.24) is 4.90 Å². The summed E-state index contributed by atoms with van der Waals surface area (Å²) in [4.78, 5) is 14.8. The van der Waals surface area contributed by atoms with Crippen molar-refractivity contribution in [2.24, 2.45) is 11.8 Å². The highest BCUT2D eigenvalue weighted by Gasteiger charge is 2.49. The van der Waals surface area contributed by atoms with E-state index in [9.17, 15) is 4.79 Å². The van der Waals surface area contributed by atoms with Crippen LogP contribution in [0.4, 0.5) is 0 Å². The molecular formula is C21H23NO. The molecule has 1 saturated heterocycles. The summed E-state index contributed by atoms with van der Waals surface area (Å²) in [5, 5.41) is 0. The first-order chi connectivity index (χ1) is 11.3. The first-order valence-electron chi connectivity index (χ1n) is 8.60. The highest BCUT2D eigenvalue weighted by Crippen LogP contribution is 2.52. The quantitative estimate of drug-likeness (QED) is 0.819. The molecule has 0 N–H and O–H groups in total. The molecule has 2 aliphatic rings. The minimum Gasteiger partial charge on any atom is -0.345 e. The lowest BCUT2D eigenvalue weighted by Crippen LogP contribution is -2.34. The normalized spacial score (nSPS) is 30.3. The fourth-order valence-electron chi connectivity index (χ4n) is 4.74. The number of fused-ring (bicyclic) bond motifs is 1. The third-order valence-corrected chi connectivity index (χ3v) is 5.76. The van der Waals surface area contributed by atoms with Crippen molar-refractivity contribution < 1.29 is 4.79 Å². The smallest absolute Gasteiger partial charge is 0.226 e.